The molecule has 0 bridgehead atoms. The van der Waals surface area contributed by atoms with Crippen LogP contribution in [0.3, 0.4) is 0 Å². The van der Waals surface area contributed by atoms with Crippen molar-refractivity contribution in [3.05, 3.63) is 11.3 Å². The Morgan fingerprint density at radius 1 is 1.64 bits per heavy atom. The first kappa shape index (κ1) is 7.91. The van der Waals surface area contributed by atoms with Crippen LogP contribution in [0.25, 0.3) is 0 Å². The van der Waals surface area contributed by atoms with Crippen LogP contribution in [0.2, 0.25) is 0 Å². The Labute approximate surface area is 65.0 Å². The van der Waals surface area contributed by atoms with Gasteiger partial charge in [-0.1, -0.05) is 0 Å². The molecule has 0 N–H and O–H groups in total. The van der Waals surface area contributed by atoms with Gasteiger partial charge in [-0.3, -0.25) is 0 Å². The number of carbonyl (C=O) groups excluding carboxylic acids is 1. The van der Waals surface area contributed by atoms with E-state index < -0.39 is 5.97 Å². The molecule has 1 atom stereocenters. The topological polar surface area (TPSA) is 51.0 Å². The zero-order valence-corrected chi connectivity index (χ0v) is 6.79. The monoisotopic (exact) mass is 154 g/mol. The van der Waals surface area contributed by atoms with Crippen LogP contribution < -0.4 is 0 Å². The zero-order valence-electron chi connectivity index (χ0n) is 6.79. The largest absolute Gasteiger partial charge is 0.464 e. The van der Waals surface area contributed by atoms with Crippen molar-refractivity contribution >= 4 is 5.97 Å². The number of hydrogen-bond acceptors (Lipinski definition) is 4. The molecule has 0 saturated heterocycles. The van der Waals surface area contributed by atoms with E-state index in [1.807, 2.05) is 13.8 Å². The zero-order chi connectivity index (χ0) is 8.43. The highest BCUT2D eigenvalue weighted by Gasteiger charge is 2.21. The van der Waals surface area contributed by atoms with Gasteiger partial charge in [-0.2, -0.15) is 5.11 Å². The van der Waals surface area contributed by atoms with Crippen LogP contribution in [0.1, 0.15) is 13.8 Å². The number of ether oxygens (including phenoxy) is 1. The third kappa shape index (κ3) is 1.29. The molecule has 0 spiro atoms. The smallest absolute Gasteiger partial charge is 0.358 e. The van der Waals surface area contributed by atoms with Gasteiger partial charge >= 0.3 is 5.97 Å². The number of nitrogens with zero attached hydrogens (tertiary/aromatic N) is 2. The van der Waals surface area contributed by atoms with Gasteiger partial charge in [-0.15, -0.1) is 5.11 Å². The highest BCUT2D eigenvalue weighted by molar-refractivity contribution is 5.89. The Morgan fingerprint density at radius 2 is 2.27 bits per heavy atom. The van der Waals surface area contributed by atoms with Crippen molar-refractivity contribution in [3.63, 3.8) is 0 Å². The fraction of sp³-hybridized carbons (Fsp3) is 0.571. The second-order valence-electron chi connectivity index (χ2n) is 2.41. The van der Waals surface area contributed by atoms with Crippen LogP contribution >= 0.6 is 0 Å². The van der Waals surface area contributed by atoms with Gasteiger partial charge in [0.2, 0.25) is 0 Å². The van der Waals surface area contributed by atoms with Crippen LogP contribution in [0, 0.1) is 0 Å². The molecule has 0 amide bonds. The molecule has 0 radical (unpaired) electrons. The van der Waals surface area contributed by atoms with Gasteiger partial charge in [-0.25, -0.2) is 4.79 Å². The van der Waals surface area contributed by atoms with Crippen molar-refractivity contribution in [2.45, 2.75) is 19.9 Å². The second-order valence-corrected chi connectivity index (χ2v) is 2.41. The summed E-state index contributed by atoms with van der Waals surface area (Å²) >= 11 is 0. The molecule has 0 saturated carbocycles. The minimum Gasteiger partial charge on any atom is -0.464 e. The summed E-state index contributed by atoms with van der Waals surface area (Å²) in [6.07, 6.45) is 0. The number of esters is 1. The third-order valence-corrected chi connectivity index (χ3v) is 1.71. The molecule has 60 valence electrons. The quantitative estimate of drug-likeness (QED) is 0.534. The van der Waals surface area contributed by atoms with Crippen molar-refractivity contribution < 1.29 is 9.53 Å². The lowest BCUT2D eigenvalue weighted by Gasteiger charge is -1.98. The Balaban J connectivity index is 2.88. The van der Waals surface area contributed by atoms with Gasteiger partial charge in [0.1, 0.15) is 0 Å². The van der Waals surface area contributed by atoms with E-state index in [0.717, 1.165) is 5.57 Å². The average molecular weight is 154 g/mol. The molecule has 4 heteroatoms. The summed E-state index contributed by atoms with van der Waals surface area (Å²) in [6.45, 7) is 3.71. The standard InChI is InChI=1S/C7H10N2O2/c1-4-5(2)8-9-6(4)7(10)11-3/h5H,1-3H3. The summed E-state index contributed by atoms with van der Waals surface area (Å²) in [6, 6.07) is 0.0177. The molecular weight excluding hydrogens is 144 g/mol. The summed E-state index contributed by atoms with van der Waals surface area (Å²) in [4.78, 5) is 10.9. The molecule has 1 rings (SSSR count). The molecule has 0 aromatic carbocycles. The van der Waals surface area contributed by atoms with Gasteiger partial charge in [0.25, 0.3) is 0 Å². The lowest BCUT2D eigenvalue weighted by molar-refractivity contribution is -0.136. The van der Waals surface area contributed by atoms with E-state index in [1.165, 1.54) is 7.11 Å². The maximum Gasteiger partial charge on any atom is 0.358 e. The van der Waals surface area contributed by atoms with E-state index in [4.69, 9.17) is 0 Å². The first-order valence-corrected chi connectivity index (χ1v) is 3.36. The van der Waals surface area contributed by atoms with Crippen LogP contribution in [0.15, 0.2) is 21.5 Å². The van der Waals surface area contributed by atoms with E-state index in [1.54, 1.807) is 0 Å². The second kappa shape index (κ2) is 2.82. The Kier molecular flexibility index (Phi) is 2.03. The molecule has 4 nitrogen and oxygen atoms in total. The molecule has 0 aliphatic carbocycles. The number of methoxy groups -OCH3 is 1. The van der Waals surface area contributed by atoms with Gasteiger partial charge < -0.3 is 4.74 Å². The molecule has 11 heavy (non-hydrogen) atoms. The van der Waals surface area contributed by atoms with Crippen LogP contribution in [-0.2, 0) is 9.53 Å². The summed E-state index contributed by atoms with van der Waals surface area (Å²) < 4.78 is 4.50. The normalized spacial score (nSPS) is 22.6. The lowest BCUT2D eigenvalue weighted by atomic mass is 10.1. The van der Waals surface area contributed by atoms with Gasteiger partial charge in [0, 0.05) is 0 Å². The highest BCUT2D eigenvalue weighted by atomic mass is 16.5. The lowest BCUT2D eigenvalue weighted by Crippen LogP contribution is -2.05. The van der Waals surface area contributed by atoms with Crippen molar-refractivity contribution in [1.29, 1.82) is 0 Å². The predicted octanol–water partition coefficient (Wildman–Crippen LogP) is 1.29. The van der Waals surface area contributed by atoms with Crippen molar-refractivity contribution in [2.75, 3.05) is 7.11 Å². The molecule has 1 aliphatic rings. The fourth-order valence-corrected chi connectivity index (χ4v) is 0.806. The Hall–Kier alpha value is -1.19. The fourth-order valence-electron chi connectivity index (χ4n) is 0.806. The van der Waals surface area contributed by atoms with Crippen molar-refractivity contribution in [1.82, 2.24) is 0 Å². The van der Waals surface area contributed by atoms with E-state index >= 15 is 0 Å². The van der Waals surface area contributed by atoms with E-state index in [-0.39, 0.29) is 6.04 Å². The maximum absolute atomic E-state index is 10.9. The number of rotatable bonds is 1. The Morgan fingerprint density at radius 3 is 2.64 bits per heavy atom. The predicted molar refractivity (Wildman–Crippen MR) is 39.0 cm³/mol. The van der Waals surface area contributed by atoms with E-state index in [2.05, 4.69) is 15.0 Å². The molecule has 0 aromatic heterocycles. The molecule has 1 heterocycles. The molecule has 1 unspecified atom stereocenters. The summed E-state index contributed by atoms with van der Waals surface area (Å²) in [5.74, 6) is -0.407. The van der Waals surface area contributed by atoms with E-state index in [9.17, 15) is 4.79 Å². The van der Waals surface area contributed by atoms with Crippen molar-refractivity contribution in [2.24, 2.45) is 10.2 Å². The number of azo groups is 1. The van der Waals surface area contributed by atoms with Crippen LogP contribution in [0.4, 0.5) is 0 Å². The average Bonchev–Trinajstić information content (AvgIpc) is 2.32. The van der Waals surface area contributed by atoms with Crippen molar-refractivity contribution in [3.8, 4) is 0 Å². The number of carbonyl (C=O) groups is 1. The third-order valence-electron chi connectivity index (χ3n) is 1.71. The molecule has 1 aliphatic heterocycles. The summed E-state index contributed by atoms with van der Waals surface area (Å²) in [5.41, 5.74) is 1.22. The highest BCUT2D eigenvalue weighted by Crippen LogP contribution is 2.21. The summed E-state index contributed by atoms with van der Waals surface area (Å²) in [7, 11) is 1.33. The first-order chi connectivity index (χ1) is 5.16. The van der Waals surface area contributed by atoms with E-state index in [0.29, 0.717) is 5.70 Å². The van der Waals surface area contributed by atoms with Gasteiger partial charge in [0.05, 0.1) is 13.2 Å². The van der Waals surface area contributed by atoms with Crippen LogP contribution in [-0.4, -0.2) is 19.1 Å². The minimum atomic E-state index is -0.407. The van der Waals surface area contributed by atoms with Gasteiger partial charge in [0.15, 0.2) is 5.70 Å². The summed E-state index contributed by atoms with van der Waals surface area (Å²) in [5, 5.41) is 7.52. The first-order valence-electron chi connectivity index (χ1n) is 3.36. The maximum atomic E-state index is 10.9. The Bertz CT molecular complexity index is 243. The van der Waals surface area contributed by atoms with Gasteiger partial charge in [-0.05, 0) is 19.4 Å². The molecular formula is C7H10N2O2. The molecule has 0 aromatic rings. The van der Waals surface area contributed by atoms with Crippen LogP contribution in [0.5, 0.6) is 0 Å². The minimum absolute atomic E-state index is 0.0177. The number of hydrogen-bond donors (Lipinski definition) is 0. The SMILES string of the molecule is COC(=O)C1=C(C)C(C)N=N1. The molecule has 0 fully saturated rings.